The van der Waals surface area contributed by atoms with Crippen molar-refractivity contribution in [2.24, 2.45) is 5.92 Å². The van der Waals surface area contributed by atoms with Gasteiger partial charge in [0.2, 0.25) is 17.7 Å². The van der Waals surface area contributed by atoms with Gasteiger partial charge in [0, 0.05) is 36.1 Å². The van der Waals surface area contributed by atoms with Crippen LogP contribution in [0, 0.1) is 12.8 Å². The zero-order chi connectivity index (χ0) is 19.3. The summed E-state index contributed by atoms with van der Waals surface area (Å²) in [5.74, 6) is 0.962. The highest BCUT2D eigenvalue weighted by molar-refractivity contribution is 5.95. The Morgan fingerprint density at radius 2 is 1.88 bits per heavy atom. The first kappa shape index (κ1) is 19.6. The Kier molecular flexibility index (Phi) is 6.49. The molecule has 0 radical (unpaired) electrons. The molecule has 2 rings (SSSR count). The van der Waals surface area contributed by atoms with Gasteiger partial charge < -0.3 is 15.2 Å². The Labute approximate surface area is 153 Å². The number of rotatable bonds is 7. The minimum absolute atomic E-state index is 0.0662. The van der Waals surface area contributed by atoms with Gasteiger partial charge >= 0.3 is 0 Å². The molecule has 0 unspecified atom stereocenters. The van der Waals surface area contributed by atoms with Crippen LogP contribution >= 0.6 is 0 Å². The number of nitrogens with one attached hydrogen (secondary N) is 2. The van der Waals surface area contributed by atoms with Crippen molar-refractivity contribution in [2.45, 2.75) is 53.4 Å². The van der Waals surface area contributed by atoms with Crippen LogP contribution in [0.25, 0.3) is 0 Å². The summed E-state index contributed by atoms with van der Waals surface area (Å²) in [6.45, 7) is 9.52. The third-order valence-electron chi connectivity index (χ3n) is 3.87. The van der Waals surface area contributed by atoms with Gasteiger partial charge in [0.15, 0.2) is 5.82 Å². The summed E-state index contributed by atoms with van der Waals surface area (Å²) in [4.78, 5) is 28.3. The zero-order valence-electron chi connectivity index (χ0n) is 15.9. The standard InChI is InChI=1S/C19H26N4O3/c1-11(2)18-22-17(26-23-18)9-8-16(24)21-15-10-14(7-6-13(15)5)20-19(25)12(3)4/h6-7,10-12H,8-9H2,1-5H3,(H,20,25)(H,21,24). The van der Waals surface area contributed by atoms with Crippen molar-refractivity contribution in [1.29, 1.82) is 0 Å². The maximum atomic E-state index is 12.2. The van der Waals surface area contributed by atoms with Crippen LogP contribution in [0.4, 0.5) is 11.4 Å². The van der Waals surface area contributed by atoms with Crippen LogP contribution in [-0.4, -0.2) is 22.0 Å². The molecule has 0 saturated carbocycles. The number of nitrogens with zero attached hydrogens (tertiary/aromatic N) is 2. The van der Waals surface area contributed by atoms with E-state index in [1.165, 1.54) is 0 Å². The summed E-state index contributed by atoms with van der Waals surface area (Å²) >= 11 is 0. The third-order valence-corrected chi connectivity index (χ3v) is 3.87. The van der Waals surface area contributed by atoms with Gasteiger partial charge in [0.25, 0.3) is 0 Å². The lowest BCUT2D eigenvalue weighted by Gasteiger charge is -2.12. The highest BCUT2D eigenvalue weighted by Gasteiger charge is 2.13. The summed E-state index contributed by atoms with van der Waals surface area (Å²) in [5.41, 5.74) is 2.24. The number of hydrogen-bond donors (Lipinski definition) is 2. The first-order valence-corrected chi connectivity index (χ1v) is 8.80. The fourth-order valence-electron chi connectivity index (χ4n) is 2.16. The second-order valence-electron chi connectivity index (χ2n) is 6.92. The number of aromatic nitrogens is 2. The van der Waals surface area contributed by atoms with E-state index in [4.69, 9.17) is 4.52 Å². The van der Waals surface area contributed by atoms with E-state index in [0.717, 1.165) is 5.56 Å². The molecule has 2 amide bonds. The normalized spacial score (nSPS) is 11.0. The smallest absolute Gasteiger partial charge is 0.227 e. The van der Waals surface area contributed by atoms with Gasteiger partial charge in [-0.3, -0.25) is 9.59 Å². The Morgan fingerprint density at radius 1 is 1.15 bits per heavy atom. The number of anilines is 2. The highest BCUT2D eigenvalue weighted by atomic mass is 16.5. The molecule has 0 aliphatic heterocycles. The van der Waals surface area contributed by atoms with Crippen LogP contribution in [0.3, 0.4) is 0 Å². The molecular weight excluding hydrogens is 332 g/mol. The van der Waals surface area contributed by atoms with Crippen molar-refractivity contribution in [3.05, 3.63) is 35.5 Å². The van der Waals surface area contributed by atoms with E-state index < -0.39 is 0 Å². The molecule has 1 heterocycles. The Hall–Kier alpha value is -2.70. The fourth-order valence-corrected chi connectivity index (χ4v) is 2.16. The van der Waals surface area contributed by atoms with E-state index in [-0.39, 0.29) is 30.1 Å². The highest BCUT2D eigenvalue weighted by Crippen LogP contribution is 2.21. The molecule has 0 spiro atoms. The molecule has 0 aliphatic rings. The quantitative estimate of drug-likeness (QED) is 0.787. The Balaban J connectivity index is 1.95. The second kappa shape index (κ2) is 8.60. The van der Waals surface area contributed by atoms with E-state index in [9.17, 15) is 9.59 Å². The lowest BCUT2D eigenvalue weighted by Crippen LogP contribution is -2.18. The topological polar surface area (TPSA) is 97.1 Å². The molecular formula is C19H26N4O3. The second-order valence-corrected chi connectivity index (χ2v) is 6.92. The van der Waals surface area contributed by atoms with Gasteiger partial charge in [-0.2, -0.15) is 4.98 Å². The lowest BCUT2D eigenvalue weighted by molar-refractivity contribution is -0.119. The molecule has 26 heavy (non-hydrogen) atoms. The average Bonchev–Trinajstić information content (AvgIpc) is 3.05. The Morgan fingerprint density at radius 3 is 2.50 bits per heavy atom. The minimum Gasteiger partial charge on any atom is -0.339 e. The van der Waals surface area contributed by atoms with E-state index >= 15 is 0 Å². The van der Waals surface area contributed by atoms with Gasteiger partial charge in [-0.25, -0.2) is 0 Å². The largest absolute Gasteiger partial charge is 0.339 e. The molecule has 0 saturated heterocycles. The predicted octanol–water partition coefficient (Wildman–Crippen LogP) is 3.67. The van der Waals surface area contributed by atoms with Crippen LogP contribution < -0.4 is 10.6 Å². The molecule has 7 nitrogen and oxygen atoms in total. The fraction of sp³-hybridized carbons (Fsp3) is 0.474. The first-order chi connectivity index (χ1) is 12.3. The van der Waals surface area contributed by atoms with Crippen molar-refractivity contribution < 1.29 is 14.1 Å². The number of hydrogen-bond acceptors (Lipinski definition) is 5. The van der Waals surface area contributed by atoms with E-state index in [1.54, 1.807) is 6.07 Å². The van der Waals surface area contributed by atoms with E-state index in [2.05, 4.69) is 20.8 Å². The summed E-state index contributed by atoms with van der Waals surface area (Å²) in [7, 11) is 0. The zero-order valence-corrected chi connectivity index (χ0v) is 15.9. The maximum absolute atomic E-state index is 12.2. The molecule has 7 heteroatoms. The molecule has 2 aromatic rings. The predicted molar refractivity (Wildman–Crippen MR) is 100.0 cm³/mol. The number of carbonyl (C=O) groups excluding carboxylic acids is 2. The lowest BCUT2D eigenvalue weighted by atomic mass is 10.1. The van der Waals surface area contributed by atoms with Gasteiger partial charge in [0.05, 0.1) is 0 Å². The molecule has 1 aromatic heterocycles. The minimum atomic E-state index is -0.148. The summed E-state index contributed by atoms with van der Waals surface area (Å²) in [5, 5.41) is 9.59. The van der Waals surface area contributed by atoms with Gasteiger partial charge in [0.1, 0.15) is 0 Å². The number of aryl methyl sites for hydroxylation is 2. The van der Waals surface area contributed by atoms with Crippen molar-refractivity contribution in [3.8, 4) is 0 Å². The van der Waals surface area contributed by atoms with E-state index in [1.807, 2.05) is 46.8 Å². The van der Waals surface area contributed by atoms with E-state index in [0.29, 0.717) is 29.5 Å². The van der Waals surface area contributed by atoms with Crippen molar-refractivity contribution in [1.82, 2.24) is 10.1 Å². The molecule has 140 valence electrons. The van der Waals surface area contributed by atoms with Gasteiger partial charge in [-0.15, -0.1) is 0 Å². The summed E-state index contributed by atoms with van der Waals surface area (Å²) < 4.78 is 5.15. The first-order valence-electron chi connectivity index (χ1n) is 8.80. The number of amides is 2. The van der Waals surface area contributed by atoms with Crippen LogP contribution in [0.15, 0.2) is 22.7 Å². The maximum Gasteiger partial charge on any atom is 0.227 e. The molecule has 0 atom stereocenters. The van der Waals surface area contributed by atoms with Crippen LogP contribution in [-0.2, 0) is 16.0 Å². The SMILES string of the molecule is Cc1ccc(NC(=O)C(C)C)cc1NC(=O)CCc1nc(C(C)C)no1. The van der Waals surface area contributed by atoms with Gasteiger partial charge in [-0.05, 0) is 24.6 Å². The monoisotopic (exact) mass is 358 g/mol. The summed E-state index contributed by atoms with van der Waals surface area (Å²) in [6.07, 6.45) is 0.621. The van der Waals surface area contributed by atoms with Crippen LogP contribution in [0.5, 0.6) is 0 Å². The molecule has 1 aromatic carbocycles. The summed E-state index contributed by atoms with van der Waals surface area (Å²) in [6, 6.07) is 5.44. The average molecular weight is 358 g/mol. The number of benzene rings is 1. The van der Waals surface area contributed by atoms with Crippen molar-refractivity contribution in [2.75, 3.05) is 10.6 Å². The van der Waals surface area contributed by atoms with Crippen molar-refractivity contribution >= 4 is 23.2 Å². The molecule has 0 bridgehead atoms. The van der Waals surface area contributed by atoms with Crippen LogP contribution in [0.2, 0.25) is 0 Å². The molecule has 2 N–H and O–H groups in total. The molecule has 0 fully saturated rings. The number of carbonyl (C=O) groups is 2. The van der Waals surface area contributed by atoms with Crippen LogP contribution in [0.1, 0.15) is 57.3 Å². The third kappa shape index (κ3) is 5.40. The molecule has 0 aliphatic carbocycles. The van der Waals surface area contributed by atoms with Gasteiger partial charge in [-0.1, -0.05) is 38.9 Å². The van der Waals surface area contributed by atoms with Crippen molar-refractivity contribution in [3.63, 3.8) is 0 Å². The Bertz CT molecular complexity index is 781.